The summed E-state index contributed by atoms with van der Waals surface area (Å²) in [6.07, 6.45) is 8.07. The molecule has 1 fully saturated rings. The second-order valence-corrected chi connectivity index (χ2v) is 6.98. The van der Waals surface area contributed by atoms with Gasteiger partial charge in [-0.1, -0.05) is 0 Å². The number of carbonyl (C=O) groups excluding carboxylic acids is 1. The van der Waals surface area contributed by atoms with Gasteiger partial charge in [-0.05, 0) is 25.5 Å². The summed E-state index contributed by atoms with van der Waals surface area (Å²) in [4.78, 5) is 16.3. The number of fused-ring (bicyclic) bond motifs is 1. The van der Waals surface area contributed by atoms with E-state index in [1.54, 1.807) is 4.68 Å². The van der Waals surface area contributed by atoms with E-state index in [1.807, 2.05) is 56.3 Å². The van der Waals surface area contributed by atoms with Gasteiger partial charge in [0, 0.05) is 57.0 Å². The molecule has 130 valence electrons. The zero-order chi connectivity index (χ0) is 17.6. The number of rotatable bonds is 4. The molecule has 2 atom stereocenters. The minimum Gasteiger partial charge on any atom is -0.474 e. The molecule has 0 spiro atoms. The van der Waals surface area contributed by atoms with Crippen LogP contribution in [0.25, 0.3) is 22.2 Å². The Morgan fingerprint density at radius 3 is 2.84 bits per heavy atom. The summed E-state index contributed by atoms with van der Waals surface area (Å²) in [6.45, 7) is 2.03. The molecule has 3 heterocycles. The highest BCUT2D eigenvalue weighted by Gasteiger charge is 2.29. The average molecular weight is 338 g/mol. The first-order valence-corrected chi connectivity index (χ1v) is 8.64. The van der Waals surface area contributed by atoms with Gasteiger partial charge in [-0.25, -0.2) is 4.98 Å². The molecule has 0 N–H and O–H groups in total. The van der Waals surface area contributed by atoms with Crippen LogP contribution in [0, 0.1) is 5.92 Å². The predicted octanol–water partition coefficient (Wildman–Crippen LogP) is 3.11. The molecule has 0 radical (unpaired) electrons. The summed E-state index contributed by atoms with van der Waals surface area (Å²) in [6, 6.07) is 4.02. The highest BCUT2D eigenvalue weighted by atomic mass is 16.5. The van der Waals surface area contributed by atoms with Gasteiger partial charge in [0.25, 0.3) is 0 Å². The zero-order valence-corrected chi connectivity index (χ0v) is 14.8. The van der Waals surface area contributed by atoms with Crippen LogP contribution in [0.5, 0.6) is 5.88 Å². The molecular weight excluding hydrogens is 316 g/mol. The summed E-state index contributed by atoms with van der Waals surface area (Å²) in [7, 11) is 3.88. The van der Waals surface area contributed by atoms with Gasteiger partial charge < -0.3 is 9.30 Å². The molecule has 3 aromatic heterocycles. The van der Waals surface area contributed by atoms with Crippen molar-refractivity contribution in [1.82, 2.24) is 19.3 Å². The lowest BCUT2D eigenvalue weighted by molar-refractivity contribution is -0.117. The Morgan fingerprint density at radius 2 is 2.16 bits per heavy atom. The van der Waals surface area contributed by atoms with Crippen LogP contribution in [0.3, 0.4) is 0 Å². The van der Waals surface area contributed by atoms with Gasteiger partial charge in [0.1, 0.15) is 11.9 Å². The van der Waals surface area contributed by atoms with Crippen LogP contribution < -0.4 is 4.74 Å². The first kappa shape index (κ1) is 15.9. The number of carbonyl (C=O) groups is 1. The average Bonchev–Trinajstić information content (AvgIpc) is 3.26. The van der Waals surface area contributed by atoms with Crippen molar-refractivity contribution in [3.8, 4) is 17.1 Å². The van der Waals surface area contributed by atoms with Crippen LogP contribution >= 0.6 is 0 Å². The van der Waals surface area contributed by atoms with Crippen LogP contribution in [0.4, 0.5) is 0 Å². The van der Waals surface area contributed by atoms with Crippen molar-refractivity contribution in [2.75, 3.05) is 0 Å². The number of aromatic nitrogens is 4. The second kappa shape index (κ2) is 6.02. The van der Waals surface area contributed by atoms with E-state index in [4.69, 9.17) is 9.72 Å². The zero-order valence-electron chi connectivity index (χ0n) is 14.8. The maximum Gasteiger partial charge on any atom is 0.225 e. The fourth-order valence-corrected chi connectivity index (χ4v) is 3.52. The highest BCUT2D eigenvalue weighted by Crippen LogP contribution is 2.32. The van der Waals surface area contributed by atoms with Crippen molar-refractivity contribution in [1.29, 1.82) is 0 Å². The van der Waals surface area contributed by atoms with Crippen LogP contribution in [-0.2, 0) is 18.9 Å². The monoisotopic (exact) mass is 338 g/mol. The minimum absolute atomic E-state index is 0.0478. The van der Waals surface area contributed by atoms with Crippen molar-refractivity contribution in [3.05, 3.63) is 30.7 Å². The van der Waals surface area contributed by atoms with Crippen LogP contribution in [0.1, 0.15) is 26.2 Å². The highest BCUT2D eigenvalue weighted by molar-refractivity contribution is 5.86. The number of ketones is 1. The maximum atomic E-state index is 11.6. The molecule has 6 nitrogen and oxygen atoms in total. The van der Waals surface area contributed by atoms with Crippen LogP contribution in [-0.4, -0.2) is 31.2 Å². The van der Waals surface area contributed by atoms with Gasteiger partial charge in [0.2, 0.25) is 5.88 Å². The molecule has 4 rings (SSSR count). The van der Waals surface area contributed by atoms with E-state index in [0.29, 0.717) is 24.5 Å². The number of aryl methyl sites for hydroxylation is 2. The number of hydrogen-bond donors (Lipinski definition) is 0. The van der Waals surface area contributed by atoms with Gasteiger partial charge in [0.15, 0.2) is 0 Å². The largest absolute Gasteiger partial charge is 0.474 e. The number of Topliss-reactive ketones (excluding diaryl/α,β-unsaturated/α-hetero) is 1. The lowest BCUT2D eigenvalue weighted by atomic mass is 10.0. The topological polar surface area (TPSA) is 61.9 Å². The molecule has 0 aliphatic heterocycles. The number of hydrogen-bond acceptors (Lipinski definition) is 4. The van der Waals surface area contributed by atoms with E-state index in [-0.39, 0.29) is 12.0 Å². The molecule has 1 aliphatic carbocycles. The third-order valence-electron chi connectivity index (χ3n) is 4.96. The summed E-state index contributed by atoms with van der Waals surface area (Å²) in [5.41, 5.74) is 2.74. The van der Waals surface area contributed by atoms with E-state index in [1.165, 1.54) is 0 Å². The van der Waals surface area contributed by atoms with E-state index in [9.17, 15) is 4.79 Å². The van der Waals surface area contributed by atoms with Crippen molar-refractivity contribution in [2.45, 2.75) is 32.3 Å². The lowest BCUT2D eigenvalue weighted by Crippen LogP contribution is -2.22. The quantitative estimate of drug-likeness (QED) is 0.733. The van der Waals surface area contributed by atoms with Crippen molar-refractivity contribution in [2.24, 2.45) is 20.0 Å². The predicted molar refractivity (Wildman–Crippen MR) is 95.4 cm³/mol. The summed E-state index contributed by atoms with van der Waals surface area (Å²) < 4.78 is 9.99. The van der Waals surface area contributed by atoms with Crippen molar-refractivity contribution in [3.63, 3.8) is 0 Å². The van der Waals surface area contributed by atoms with Gasteiger partial charge in [-0.2, -0.15) is 5.10 Å². The fraction of sp³-hybridized carbons (Fsp3) is 0.421. The van der Waals surface area contributed by atoms with Crippen molar-refractivity contribution < 1.29 is 9.53 Å². The molecular formula is C19H22N4O2. The third-order valence-corrected chi connectivity index (χ3v) is 4.96. The third kappa shape index (κ3) is 3.04. The minimum atomic E-state index is -0.0478. The van der Waals surface area contributed by atoms with Gasteiger partial charge in [-0.3, -0.25) is 9.48 Å². The Balaban J connectivity index is 1.72. The Hall–Kier alpha value is -2.63. The lowest BCUT2D eigenvalue weighted by Gasteiger charge is -2.20. The number of nitrogens with zero attached hydrogens (tertiary/aromatic N) is 4. The van der Waals surface area contributed by atoms with Crippen LogP contribution in [0.2, 0.25) is 0 Å². The second-order valence-electron chi connectivity index (χ2n) is 6.98. The molecule has 0 aromatic carbocycles. The molecule has 1 aliphatic rings. The number of ether oxygens (including phenoxy) is 1. The van der Waals surface area contributed by atoms with E-state index in [0.717, 1.165) is 28.6 Å². The molecule has 6 heteroatoms. The SMILES string of the molecule is C[C@@H](Oc1nc(-c2ccn(C)c2)cc2nn(C)cc12)[C@H]1CCC(=O)C1. The van der Waals surface area contributed by atoms with E-state index in [2.05, 4.69) is 5.10 Å². The molecule has 0 unspecified atom stereocenters. The Bertz CT molecular complexity index is 940. The Kier molecular flexibility index (Phi) is 3.82. The maximum absolute atomic E-state index is 11.6. The van der Waals surface area contributed by atoms with E-state index >= 15 is 0 Å². The standard InChI is InChI=1S/C19H22N4O2/c1-12(13-4-5-15(24)8-13)25-19-16-11-23(3)21-18(16)9-17(20-19)14-6-7-22(2)10-14/h6-7,9-13H,4-5,8H2,1-3H3/t12-,13+/m1/s1. The summed E-state index contributed by atoms with van der Waals surface area (Å²) >= 11 is 0. The van der Waals surface area contributed by atoms with Gasteiger partial charge >= 0.3 is 0 Å². The Labute approximate surface area is 146 Å². The molecule has 0 bridgehead atoms. The van der Waals surface area contributed by atoms with Gasteiger partial charge in [0.05, 0.1) is 16.6 Å². The van der Waals surface area contributed by atoms with Crippen molar-refractivity contribution >= 4 is 16.7 Å². The van der Waals surface area contributed by atoms with Gasteiger partial charge in [-0.15, -0.1) is 0 Å². The van der Waals surface area contributed by atoms with E-state index < -0.39 is 0 Å². The summed E-state index contributed by atoms with van der Waals surface area (Å²) in [5.74, 6) is 1.19. The number of pyridine rings is 1. The first-order valence-electron chi connectivity index (χ1n) is 8.64. The molecule has 0 amide bonds. The fourth-order valence-electron chi connectivity index (χ4n) is 3.52. The smallest absolute Gasteiger partial charge is 0.225 e. The Morgan fingerprint density at radius 1 is 1.32 bits per heavy atom. The molecule has 0 saturated heterocycles. The molecule has 3 aromatic rings. The molecule has 25 heavy (non-hydrogen) atoms. The first-order chi connectivity index (χ1) is 12.0. The molecule has 1 saturated carbocycles. The van der Waals surface area contributed by atoms with Crippen LogP contribution in [0.15, 0.2) is 30.7 Å². The normalized spacial score (nSPS) is 18.8. The summed E-state index contributed by atoms with van der Waals surface area (Å²) in [5, 5.41) is 5.42.